The van der Waals surface area contributed by atoms with Gasteiger partial charge in [0.15, 0.2) is 22.5 Å². The van der Waals surface area contributed by atoms with Gasteiger partial charge >= 0.3 is 5.97 Å². The van der Waals surface area contributed by atoms with Crippen LogP contribution in [0.15, 0.2) is 17.3 Å². The molecular weight excluding hydrogens is 346 g/mol. The Hall–Kier alpha value is -2.42. The van der Waals surface area contributed by atoms with E-state index in [1.807, 2.05) is 26.1 Å². The molecule has 0 unspecified atom stereocenters. The van der Waals surface area contributed by atoms with E-state index in [-0.39, 0.29) is 6.42 Å². The molecule has 0 bridgehead atoms. The van der Waals surface area contributed by atoms with Gasteiger partial charge in [0.1, 0.15) is 0 Å². The first-order chi connectivity index (χ1) is 12.0. The maximum absolute atomic E-state index is 10.6. The highest BCUT2D eigenvalue weighted by molar-refractivity contribution is 7.99. The number of nitrogens with zero attached hydrogens (tertiary/aromatic N) is 3. The predicted molar refractivity (Wildman–Crippen MR) is 93.7 cm³/mol. The van der Waals surface area contributed by atoms with E-state index in [1.165, 1.54) is 11.8 Å². The normalized spacial score (nSPS) is 10.6. The molecule has 0 saturated heterocycles. The summed E-state index contributed by atoms with van der Waals surface area (Å²) in [5.41, 5.74) is 0.761. The van der Waals surface area contributed by atoms with E-state index < -0.39 is 5.97 Å². The zero-order valence-electron chi connectivity index (χ0n) is 14.6. The number of benzene rings is 1. The summed E-state index contributed by atoms with van der Waals surface area (Å²) in [6, 6.07) is 3.62. The summed E-state index contributed by atoms with van der Waals surface area (Å²) in [6.07, 6.45) is 0.0670. The lowest BCUT2D eigenvalue weighted by Gasteiger charge is -2.15. The Balaban J connectivity index is 2.35. The Morgan fingerprint density at radius 2 is 1.88 bits per heavy atom. The van der Waals surface area contributed by atoms with Crippen molar-refractivity contribution in [3.63, 3.8) is 0 Å². The van der Waals surface area contributed by atoms with E-state index in [2.05, 4.69) is 10.2 Å². The van der Waals surface area contributed by atoms with E-state index in [0.29, 0.717) is 40.6 Å². The van der Waals surface area contributed by atoms with E-state index >= 15 is 0 Å². The van der Waals surface area contributed by atoms with Crippen molar-refractivity contribution in [1.82, 2.24) is 14.8 Å². The van der Waals surface area contributed by atoms with Gasteiger partial charge in [-0.25, -0.2) is 0 Å². The van der Waals surface area contributed by atoms with Crippen LogP contribution in [0.5, 0.6) is 17.2 Å². The number of methoxy groups -OCH3 is 2. The Labute approximate surface area is 150 Å². The van der Waals surface area contributed by atoms with Gasteiger partial charge in [0.05, 0.1) is 27.2 Å². The molecule has 1 aromatic heterocycles. The molecule has 136 valence electrons. The van der Waals surface area contributed by atoms with Crippen LogP contribution in [0.3, 0.4) is 0 Å². The van der Waals surface area contributed by atoms with Crippen LogP contribution in [0.25, 0.3) is 11.4 Å². The van der Waals surface area contributed by atoms with Crippen LogP contribution >= 0.6 is 11.8 Å². The highest BCUT2D eigenvalue weighted by atomic mass is 32.2. The van der Waals surface area contributed by atoms with Crippen molar-refractivity contribution in [1.29, 1.82) is 0 Å². The summed E-state index contributed by atoms with van der Waals surface area (Å²) in [4.78, 5) is 10.6. The van der Waals surface area contributed by atoms with Crippen molar-refractivity contribution < 1.29 is 24.1 Å². The molecule has 25 heavy (non-hydrogen) atoms. The van der Waals surface area contributed by atoms with E-state index in [4.69, 9.17) is 19.3 Å². The third-order valence-corrected chi connectivity index (χ3v) is 4.41. The minimum absolute atomic E-state index is 0.0670. The summed E-state index contributed by atoms with van der Waals surface area (Å²) >= 11 is 1.34. The molecular formula is C16H21N3O5S. The van der Waals surface area contributed by atoms with Crippen LogP contribution in [-0.2, 0) is 11.8 Å². The number of hydrogen-bond donors (Lipinski definition) is 1. The molecule has 0 aliphatic carbocycles. The maximum Gasteiger partial charge on any atom is 0.304 e. The number of carbonyl (C=O) groups is 1. The number of rotatable bonds is 9. The number of aliphatic carboxylic acids is 1. The van der Waals surface area contributed by atoms with Crippen molar-refractivity contribution in [3.05, 3.63) is 12.1 Å². The monoisotopic (exact) mass is 367 g/mol. The topological polar surface area (TPSA) is 95.7 Å². The molecule has 0 saturated carbocycles. The quantitative estimate of drug-likeness (QED) is 0.675. The van der Waals surface area contributed by atoms with Crippen LogP contribution in [-0.4, -0.2) is 52.4 Å². The largest absolute Gasteiger partial charge is 0.493 e. The van der Waals surface area contributed by atoms with Gasteiger partial charge in [-0.2, -0.15) is 0 Å². The van der Waals surface area contributed by atoms with Crippen LogP contribution in [0.1, 0.15) is 13.3 Å². The van der Waals surface area contributed by atoms with E-state index in [9.17, 15) is 4.79 Å². The molecule has 0 radical (unpaired) electrons. The highest BCUT2D eigenvalue weighted by Gasteiger charge is 2.18. The molecule has 0 aliphatic heterocycles. The molecule has 1 aromatic carbocycles. The van der Waals surface area contributed by atoms with Crippen LogP contribution in [0, 0.1) is 0 Å². The molecule has 8 nitrogen and oxygen atoms in total. The van der Waals surface area contributed by atoms with Gasteiger partial charge in [-0.05, 0) is 19.1 Å². The number of hydrogen-bond acceptors (Lipinski definition) is 7. The lowest BCUT2D eigenvalue weighted by atomic mass is 10.1. The number of carboxylic acid groups (broad SMARTS) is 1. The van der Waals surface area contributed by atoms with Crippen LogP contribution in [0.4, 0.5) is 0 Å². The lowest BCUT2D eigenvalue weighted by molar-refractivity contribution is -0.136. The number of carboxylic acids is 1. The van der Waals surface area contributed by atoms with Crippen molar-refractivity contribution >= 4 is 17.7 Å². The Morgan fingerprint density at radius 3 is 2.40 bits per heavy atom. The molecule has 0 amide bonds. The second kappa shape index (κ2) is 8.61. The Kier molecular flexibility index (Phi) is 6.51. The summed E-state index contributed by atoms with van der Waals surface area (Å²) in [5.74, 6) is 1.83. The van der Waals surface area contributed by atoms with Gasteiger partial charge in [0, 0.05) is 18.4 Å². The number of ether oxygens (including phenoxy) is 3. The minimum atomic E-state index is -0.837. The molecule has 1 N–H and O–H groups in total. The Bertz CT molecular complexity index is 722. The second-order valence-corrected chi connectivity index (χ2v) is 6.06. The highest BCUT2D eigenvalue weighted by Crippen LogP contribution is 2.41. The van der Waals surface area contributed by atoms with Gasteiger partial charge < -0.3 is 23.9 Å². The van der Waals surface area contributed by atoms with Crippen LogP contribution < -0.4 is 14.2 Å². The van der Waals surface area contributed by atoms with E-state index in [0.717, 1.165) is 5.56 Å². The molecule has 0 spiro atoms. The molecule has 1 heterocycles. The fraction of sp³-hybridized carbons (Fsp3) is 0.438. The smallest absolute Gasteiger partial charge is 0.304 e. The van der Waals surface area contributed by atoms with Crippen molar-refractivity contribution in [3.8, 4) is 28.6 Å². The van der Waals surface area contributed by atoms with Gasteiger partial charge in [0.25, 0.3) is 0 Å². The third-order valence-electron chi connectivity index (χ3n) is 3.39. The van der Waals surface area contributed by atoms with Gasteiger partial charge in [-0.15, -0.1) is 10.2 Å². The second-order valence-electron chi connectivity index (χ2n) is 5.00. The first kappa shape index (κ1) is 18.9. The van der Waals surface area contributed by atoms with Gasteiger partial charge in [-0.1, -0.05) is 11.8 Å². The fourth-order valence-corrected chi connectivity index (χ4v) is 3.06. The van der Waals surface area contributed by atoms with Crippen molar-refractivity contribution in [2.24, 2.45) is 7.05 Å². The molecule has 2 rings (SSSR count). The van der Waals surface area contributed by atoms with Gasteiger partial charge in [-0.3, -0.25) is 4.79 Å². The maximum atomic E-state index is 10.6. The van der Waals surface area contributed by atoms with Gasteiger partial charge in [0.2, 0.25) is 5.75 Å². The summed E-state index contributed by atoms with van der Waals surface area (Å²) in [5, 5.41) is 17.7. The predicted octanol–water partition coefficient (Wildman–Crippen LogP) is 2.46. The average molecular weight is 367 g/mol. The molecule has 0 fully saturated rings. The minimum Gasteiger partial charge on any atom is -0.493 e. The van der Waals surface area contributed by atoms with Crippen LogP contribution in [0.2, 0.25) is 0 Å². The summed E-state index contributed by atoms with van der Waals surface area (Å²) in [6.45, 7) is 2.37. The average Bonchev–Trinajstić information content (AvgIpc) is 2.96. The van der Waals surface area contributed by atoms with Crippen molar-refractivity contribution in [2.45, 2.75) is 18.5 Å². The SMILES string of the molecule is CCOc1c(OC)cc(-c2nnc(SCCC(=O)O)n2C)cc1OC. The fourth-order valence-electron chi connectivity index (χ4n) is 2.22. The standard InChI is InChI=1S/C16H21N3O5S/c1-5-24-14-11(22-3)8-10(9-12(14)23-4)15-17-18-16(19(15)2)25-7-6-13(20)21/h8-9H,5-7H2,1-4H3,(H,20,21). The zero-order chi connectivity index (χ0) is 18.4. The van der Waals surface area contributed by atoms with E-state index in [1.54, 1.807) is 18.8 Å². The molecule has 0 atom stereocenters. The zero-order valence-corrected chi connectivity index (χ0v) is 15.4. The first-order valence-electron chi connectivity index (χ1n) is 7.65. The number of aromatic nitrogens is 3. The Morgan fingerprint density at radius 1 is 1.24 bits per heavy atom. The summed E-state index contributed by atoms with van der Waals surface area (Å²) < 4.78 is 18.2. The first-order valence-corrected chi connectivity index (χ1v) is 8.63. The third kappa shape index (κ3) is 4.36. The molecule has 2 aromatic rings. The lowest BCUT2D eigenvalue weighted by Crippen LogP contribution is -2.01. The molecule has 9 heteroatoms. The molecule has 0 aliphatic rings. The summed E-state index contributed by atoms with van der Waals surface area (Å²) in [7, 11) is 4.95. The number of thioether (sulfide) groups is 1. The van der Waals surface area contributed by atoms with Crippen molar-refractivity contribution in [2.75, 3.05) is 26.6 Å².